The van der Waals surface area contributed by atoms with E-state index in [0.717, 1.165) is 6.42 Å². The van der Waals surface area contributed by atoms with E-state index >= 15 is 0 Å². The number of phenols is 1. The standard InChI is InChI=1S/C15H20ClN3O2S/c1-9-4-2-3-5-12(9)17-15(22)19-18-14(21)11-8-10(16)6-7-13(11)20/h6-9,12,20H,2-5H2,1H3,(H,18,21)(H2,17,19,22)/t9-,12-/m1/s1. The summed E-state index contributed by atoms with van der Waals surface area (Å²) in [4.78, 5) is 12.0. The van der Waals surface area contributed by atoms with Crippen LogP contribution in [-0.4, -0.2) is 22.2 Å². The van der Waals surface area contributed by atoms with Gasteiger partial charge >= 0.3 is 0 Å². The average Bonchev–Trinajstić information content (AvgIpc) is 2.49. The zero-order valence-electron chi connectivity index (χ0n) is 12.4. The highest BCUT2D eigenvalue weighted by atomic mass is 35.5. The Bertz CT molecular complexity index is 568. The molecule has 0 bridgehead atoms. The summed E-state index contributed by atoms with van der Waals surface area (Å²) in [5.74, 6) is -0.0782. The van der Waals surface area contributed by atoms with Crippen molar-refractivity contribution in [1.29, 1.82) is 0 Å². The van der Waals surface area contributed by atoms with Crippen molar-refractivity contribution < 1.29 is 9.90 Å². The summed E-state index contributed by atoms with van der Waals surface area (Å²) in [5.41, 5.74) is 5.21. The summed E-state index contributed by atoms with van der Waals surface area (Å²) in [6.07, 6.45) is 4.70. The van der Waals surface area contributed by atoms with Crippen molar-refractivity contribution in [2.75, 3.05) is 0 Å². The highest BCUT2D eigenvalue weighted by Crippen LogP contribution is 2.23. The molecule has 2 rings (SSSR count). The molecule has 0 unspecified atom stereocenters. The van der Waals surface area contributed by atoms with Crippen LogP contribution in [0.4, 0.5) is 0 Å². The lowest BCUT2D eigenvalue weighted by Gasteiger charge is -2.30. The molecule has 1 saturated carbocycles. The van der Waals surface area contributed by atoms with Crippen molar-refractivity contribution in [3.8, 4) is 5.75 Å². The topological polar surface area (TPSA) is 73.4 Å². The first-order valence-electron chi connectivity index (χ1n) is 7.32. The van der Waals surface area contributed by atoms with Crippen LogP contribution in [0, 0.1) is 5.92 Å². The molecule has 1 aromatic carbocycles. The van der Waals surface area contributed by atoms with Crippen LogP contribution in [0.15, 0.2) is 18.2 Å². The lowest BCUT2D eigenvalue weighted by atomic mass is 9.86. The predicted octanol–water partition coefficient (Wildman–Crippen LogP) is 2.73. The lowest BCUT2D eigenvalue weighted by Crippen LogP contribution is -2.51. The minimum atomic E-state index is -0.499. The third kappa shape index (κ3) is 4.48. The maximum Gasteiger partial charge on any atom is 0.273 e. The molecule has 1 aliphatic carbocycles. The summed E-state index contributed by atoms with van der Waals surface area (Å²) in [6, 6.07) is 4.60. The largest absolute Gasteiger partial charge is 0.507 e. The number of rotatable bonds is 2. The Morgan fingerprint density at radius 3 is 2.77 bits per heavy atom. The van der Waals surface area contributed by atoms with Gasteiger partial charge in [0, 0.05) is 11.1 Å². The highest BCUT2D eigenvalue weighted by molar-refractivity contribution is 7.80. The summed E-state index contributed by atoms with van der Waals surface area (Å²) < 4.78 is 0. The molecule has 22 heavy (non-hydrogen) atoms. The number of thiocarbonyl (C=S) groups is 1. The summed E-state index contributed by atoms with van der Waals surface area (Å²) >= 11 is 11.0. The molecule has 1 amide bonds. The SMILES string of the molecule is C[C@@H]1CCCC[C@H]1NC(=S)NNC(=O)c1cc(Cl)ccc1O. The maximum atomic E-state index is 12.0. The molecule has 7 heteroatoms. The molecule has 1 fully saturated rings. The van der Waals surface area contributed by atoms with Gasteiger partial charge in [-0.25, -0.2) is 0 Å². The Morgan fingerprint density at radius 2 is 2.05 bits per heavy atom. The van der Waals surface area contributed by atoms with Gasteiger partial charge in [-0.15, -0.1) is 0 Å². The number of amides is 1. The molecule has 2 atom stereocenters. The van der Waals surface area contributed by atoms with Gasteiger partial charge in [0.25, 0.3) is 5.91 Å². The first-order chi connectivity index (χ1) is 10.5. The molecule has 4 N–H and O–H groups in total. The molecule has 0 aliphatic heterocycles. The van der Waals surface area contributed by atoms with Crippen LogP contribution in [-0.2, 0) is 0 Å². The van der Waals surface area contributed by atoms with Crippen molar-refractivity contribution in [2.45, 2.75) is 38.6 Å². The Labute approximate surface area is 140 Å². The van der Waals surface area contributed by atoms with Gasteiger partial charge in [0.1, 0.15) is 5.75 Å². The molecular weight excluding hydrogens is 322 g/mol. The van der Waals surface area contributed by atoms with E-state index in [-0.39, 0.29) is 11.3 Å². The van der Waals surface area contributed by atoms with Gasteiger partial charge in [0.2, 0.25) is 0 Å². The maximum absolute atomic E-state index is 12.0. The predicted molar refractivity (Wildman–Crippen MR) is 90.9 cm³/mol. The fraction of sp³-hybridized carbons (Fsp3) is 0.467. The second-order valence-corrected chi connectivity index (χ2v) is 6.43. The monoisotopic (exact) mass is 341 g/mol. The average molecular weight is 342 g/mol. The Balaban J connectivity index is 1.85. The molecule has 0 aromatic heterocycles. The van der Waals surface area contributed by atoms with E-state index in [2.05, 4.69) is 23.1 Å². The second-order valence-electron chi connectivity index (χ2n) is 5.58. The molecule has 0 saturated heterocycles. The first-order valence-corrected chi connectivity index (χ1v) is 8.11. The minimum absolute atomic E-state index is 0.0915. The number of carbonyl (C=O) groups excluding carboxylic acids is 1. The Kier molecular flexibility index (Phi) is 5.85. The van der Waals surface area contributed by atoms with Crippen LogP contribution in [0.3, 0.4) is 0 Å². The van der Waals surface area contributed by atoms with E-state index in [9.17, 15) is 9.90 Å². The summed E-state index contributed by atoms with van der Waals surface area (Å²) in [7, 11) is 0. The number of nitrogens with one attached hydrogen (secondary N) is 3. The van der Waals surface area contributed by atoms with Crippen LogP contribution in [0.25, 0.3) is 0 Å². The zero-order valence-corrected chi connectivity index (χ0v) is 13.9. The molecule has 1 aliphatic rings. The number of halogens is 1. The quantitative estimate of drug-likeness (QED) is 0.492. The van der Waals surface area contributed by atoms with Crippen LogP contribution in [0.2, 0.25) is 5.02 Å². The van der Waals surface area contributed by atoms with Crippen LogP contribution < -0.4 is 16.2 Å². The van der Waals surface area contributed by atoms with Gasteiger partial charge in [-0.1, -0.05) is 31.4 Å². The van der Waals surface area contributed by atoms with E-state index in [1.165, 1.54) is 37.5 Å². The minimum Gasteiger partial charge on any atom is -0.507 e. The molecule has 0 spiro atoms. The van der Waals surface area contributed by atoms with E-state index < -0.39 is 5.91 Å². The fourth-order valence-electron chi connectivity index (χ4n) is 2.61. The zero-order chi connectivity index (χ0) is 16.1. The molecule has 0 radical (unpaired) electrons. The number of phenolic OH excluding ortho intramolecular Hbond substituents is 1. The van der Waals surface area contributed by atoms with Crippen molar-refractivity contribution in [1.82, 2.24) is 16.2 Å². The lowest BCUT2D eigenvalue weighted by molar-refractivity contribution is 0.0940. The van der Waals surface area contributed by atoms with Crippen LogP contribution >= 0.6 is 23.8 Å². The van der Waals surface area contributed by atoms with E-state index in [1.807, 2.05) is 0 Å². The molecule has 0 heterocycles. The van der Waals surface area contributed by atoms with Crippen molar-refractivity contribution in [2.24, 2.45) is 5.92 Å². The van der Waals surface area contributed by atoms with Crippen LogP contribution in [0.1, 0.15) is 43.0 Å². The molecule has 1 aromatic rings. The highest BCUT2D eigenvalue weighted by Gasteiger charge is 2.21. The van der Waals surface area contributed by atoms with Gasteiger partial charge < -0.3 is 10.4 Å². The number of benzene rings is 1. The van der Waals surface area contributed by atoms with E-state index in [1.54, 1.807) is 0 Å². The van der Waals surface area contributed by atoms with Gasteiger partial charge in [-0.2, -0.15) is 0 Å². The van der Waals surface area contributed by atoms with E-state index in [4.69, 9.17) is 23.8 Å². The van der Waals surface area contributed by atoms with Gasteiger partial charge in [-0.3, -0.25) is 15.6 Å². The van der Waals surface area contributed by atoms with Gasteiger partial charge in [0.15, 0.2) is 5.11 Å². The van der Waals surface area contributed by atoms with Gasteiger partial charge in [0.05, 0.1) is 5.56 Å². The van der Waals surface area contributed by atoms with Gasteiger partial charge in [-0.05, 0) is 49.2 Å². The van der Waals surface area contributed by atoms with E-state index in [0.29, 0.717) is 22.1 Å². The Morgan fingerprint density at radius 1 is 1.32 bits per heavy atom. The molecular formula is C15H20ClN3O2S. The third-order valence-corrected chi connectivity index (χ3v) is 4.38. The smallest absolute Gasteiger partial charge is 0.273 e. The molecule has 5 nitrogen and oxygen atoms in total. The number of aromatic hydroxyl groups is 1. The summed E-state index contributed by atoms with van der Waals surface area (Å²) in [6.45, 7) is 2.20. The summed E-state index contributed by atoms with van der Waals surface area (Å²) in [5, 5.41) is 13.6. The normalized spacial score (nSPS) is 21.0. The Hall–Kier alpha value is -1.53. The van der Waals surface area contributed by atoms with Crippen molar-refractivity contribution in [3.05, 3.63) is 28.8 Å². The van der Waals surface area contributed by atoms with Crippen LogP contribution in [0.5, 0.6) is 5.75 Å². The second kappa shape index (κ2) is 7.65. The first kappa shape index (κ1) is 16.8. The fourth-order valence-corrected chi connectivity index (χ4v) is 2.98. The number of hydrazine groups is 1. The number of carbonyl (C=O) groups is 1. The van der Waals surface area contributed by atoms with Crippen molar-refractivity contribution in [3.63, 3.8) is 0 Å². The number of hydrogen-bond acceptors (Lipinski definition) is 3. The number of hydrogen-bond donors (Lipinski definition) is 4. The molecule has 120 valence electrons. The van der Waals surface area contributed by atoms with Crippen molar-refractivity contribution >= 4 is 34.8 Å². The third-order valence-electron chi connectivity index (χ3n) is 3.92.